The highest BCUT2D eigenvalue weighted by Crippen LogP contribution is 2.18. The number of benzene rings is 1. The summed E-state index contributed by atoms with van der Waals surface area (Å²) in [6.45, 7) is 5.82. The first-order chi connectivity index (χ1) is 10.1. The molecule has 0 aliphatic carbocycles. The summed E-state index contributed by atoms with van der Waals surface area (Å²) in [5.41, 5.74) is 1.10. The lowest BCUT2D eigenvalue weighted by Gasteiger charge is -2.13. The highest BCUT2D eigenvalue weighted by atomic mass is 16.5. The minimum absolute atomic E-state index is 0.00104. The molecule has 0 saturated heterocycles. The molecule has 1 atom stereocenters. The second kappa shape index (κ2) is 6.97. The molecule has 21 heavy (non-hydrogen) atoms. The zero-order valence-corrected chi connectivity index (χ0v) is 12.7. The number of ether oxygens (including phenoxy) is 1. The van der Waals surface area contributed by atoms with Crippen molar-refractivity contribution < 1.29 is 13.9 Å². The number of amides is 1. The van der Waals surface area contributed by atoms with Gasteiger partial charge in [-0.2, -0.15) is 0 Å². The van der Waals surface area contributed by atoms with Gasteiger partial charge in [0, 0.05) is 0 Å². The second-order valence-electron chi connectivity index (χ2n) is 4.99. The Morgan fingerprint density at radius 3 is 2.71 bits per heavy atom. The summed E-state index contributed by atoms with van der Waals surface area (Å²) in [6.07, 6.45) is 0.875. The molecule has 4 nitrogen and oxygen atoms in total. The number of rotatable bonds is 6. The lowest BCUT2D eigenvalue weighted by atomic mass is 10.1. The third-order valence-corrected chi connectivity index (χ3v) is 3.28. The molecule has 2 rings (SSSR count). The Morgan fingerprint density at radius 2 is 2.05 bits per heavy atom. The van der Waals surface area contributed by atoms with Crippen LogP contribution in [0.4, 0.5) is 0 Å². The van der Waals surface area contributed by atoms with Gasteiger partial charge in [0.05, 0.1) is 6.04 Å². The van der Waals surface area contributed by atoms with Crippen LogP contribution in [-0.4, -0.2) is 12.5 Å². The summed E-state index contributed by atoms with van der Waals surface area (Å²) in [7, 11) is 0. The molecule has 1 amide bonds. The van der Waals surface area contributed by atoms with Crippen molar-refractivity contribution in [2.75, 3.05) is 6.61 Å². The zero-order chi connectivity index (χ0) is 15.2. The Labute approximate surface area is 125 Å². The van der Waals surface area contributed by atoms with Crippen molar-refractivity contribution >= 4 is 5.91 Å². The van der Waals surface area contributed by atoms with Crippen LogP contribution in [-0.2, 0) is 11.2 Å². The van der Waals surface area contributed by atoms with E-state index in [4.69, 9.17) is 9.15 Å². The summed E-state index contributed by atoms with van der Waals surface area (Å²) in [4.78, 5) is 11.9. The van der Waals surface area contributed by atoms with Crippen LogP contribution >= 0.6 is 0 Å². The summed E-state index contributed by atoms with van der Waals surface area (Å²) in [5, 5.41) is 2.86. The largest absolute Gasteiger partial charge is 0.483 e. The van der Waals surface area contributed by atoms with Gasteiger partial charge in [-0.3, -0.25) is 4.79 Å². The lowest BCUT2D eigenvalue weighted by Crippen LogP contribution is -2.31. The van der Waals surface area contributed by atoms with E-state index in [1.807, 2.05) is 50.2 Å². The second-order valence-corrected chi connectivity index (χ2v) is 4.99. The van der Waals surface area contributed by atoms with Crippen molar-refractivity contribution in [2.45, 2.75) is 33.2 Å². The van der Waals surface area contributed by atoms with Crippen molar-refractivity contribution in [3.8, 4) is 5.75 Å². The van der Waals surface area contributed by atoms with Gasteiger partial charge in [-0.25, -0.2) is 0 Å². The number of hydrogen-bond donors (Lipinski definition) is 1. The van der Waals surface area contributed by atoms with Crippen LogP contribution in [0.5, 0.6) is 5.75 Å². The predicted molar refractivity (Wildman–Crippen MR) is 81.3 cm³/mol. The summed E-state index contributed by atoms with van der Waals surface area (Å²) >= 11 is 0. The third kappa shape index (κ3) is 4.12. The molecule has 4 heteroatoms. The Balaban J connectivity index is 1.87. The van der Waals surface area contributed by atoms with Crippen LogP contribution in [0, 0.1) is 6.92 Å². The molecule has 0 saturated carbocycles. The number of furan rings is 1. The number of hydrogen-bond acceptors (Lipinski definition) is 3. The van der Waals surface area contributed by atoms with E-state index in [2.05, 4.69) is 12.2 Å². The molecule has 112 valence electrons. The van der Waals surface area contributed by atoms with Crippen LogP contribution in [0.15, 0.2) is 40.8 Å². The molecule has 0 aliphatic rings. The quantitative estimate of drug-likeness (QED) is 0.885. The van der Waals surface area contributed by atoms with Gasteiger partial charge in [-0.15, -0.1) is 0 Å². The molecule has 1 heterocycles. The summed E-state index contributed by atoms with van der Waals surface area (Å²) in [6, 6.07) is 11.3. The lowest BCUT2D eigenvalue weighted by molar-refractivity contribution is -0.123. The first-order valence-corrected chi connectivity index (χ1v) is 7.16. The number of carbonyl (C=O) groups excluding carboxylic acids is 1. The van der Waals surface area contributed by atoms with Gasteiger partial charge in [0.15, 0.2) is 6.61 Å². The molecule has 0 fully saturated rings. The van der Waals surface area contributed by atoms with Gasteiger partial charge in [-0.05, 0) is 44.0 Å². The van der Waals surface area contributed by atoms with Crippen molar-refractivity contribution in [2.24, 2.45) is 0 Å². The standard InChI is InChI=1S/C17H21NO3/c1-4-14-7-5-6-8-16(14)20-11-17(19)18-13(3)15-10-9-12(2)21-15/h5-10,13H,4,11H2,1-3H3,(H,18,19). The van der Waals surface area contributed by atoms with Gasteiger partial charge < -0.3 is 14.5 Å². The van der Waals surface area contributed by atoms with Crippen LogP contribution in [0.3, 0.4) is 0 Å². The topological polar surface area (TPSA) is 51.5 Å². The molecule has 1 aromatic carbocycles. The van der Waals surface area contributed by atoms with Crippen LogP contribution < -0.4 is 10.1 Å². The molecule has 1 N–H and O–H groups in total. The molecule has 1 aromatic heterocycles. The molecule has 0 bridgehead atoms. The molecule has 1 unspecified atom stereocenters. The first-order valence-electron chi connectivity index (χ1n) is 7.16. The minimum atomic E-state index is -0.170. The monoisotopic (exact) mass is 287 g/mol. The Bertz CT molecular complexity index is 604. The predicted octanol–water partition coefficient (Wildman–Crippen LogP) is 3.41. The molecular formula is C17H21NO3. The first kappa shape index (κ1) is 15.2. The summed E-state index contributed by atoms with van der Waals surface area (Å²) in [5.74, 6) is 2.17. The van der Waals surface area contributed by atoms with E-state index in [1.54, 1.807) is 0 Å². The average Bonchev–Trinajstić information content (AvgIpc) is 2.92. The maximum atomic E-state index is 11.9. The highest BCUT2D eigenvalue weighted by molar-refractivity contribution is 5.77. The van der Waals surface area contributed by atoms with Crippen molar-refractivity contribution in [1.82, 2.24) is 5.32 Å². The third-order valence-electron chi connectivity index (χ3n) is 3.28. The van der Waals surface area contributed by atoms with E-state index in [0.29, 0.717) is 0 Å². The number of aryl methyl sites for hydroxylation is 2. The van der Waals surface area contributed by atoms with E-state index < -0.39 is 0 Å². The average molecular weight is 287 g/mol. The number of para-hydroxylation sites is 1. The van der Waals surface area contributed by atoms with E-state index in [0.717, 1.165) is 29.3 Å². The maximum Gasteiger partial charge on any atom is 0.258 e. The highest BCUT2D eigenvalue weighted by Gasteiger charge is 2.13. The fraction of sp³-hybridized carbons (Fsp3) is 0.353. The van der Waals surface area contributed by atoms with Gasteiger partial charge in [0.25, 0.3) is 5.91 Å². The van der Waals surface area contributed by atoms with Crippen LogP contribution in [0.1, 0.15) is 37.0 Å². The summed E-state index contributed by atoms with van der Waals surface area (Å²) < 4.78 is 11.1. The Kier molecular flexibility index (Phi) is 5.04. The van der Waals surface area contributed by atoms with Gasteiger partial charge in [-0.1, -0.05) is 25.1 Å². The van der Waals surface area contributed by atoms with Gasteiger partial charge in [0.2, 0.25) is 0 Å². The number of nitrogens with one attached hydrogen (secondary N) is 1. The molecule has 0 aliphatic heterocycles. The van der Waals surface area contributed by atoms with Gasteiger partial charge in [0.1, 0.15) is 17.3 Å². The van der Waals surface area contributed by atoms with Crippen LogP contribution in [0.25, 0.3) is 0 Å². The van der Waals surface area contributed by atoms with E-state index in [-0.39, 0.29) is 18.6 Å². The fourth-order valence-corrected chi connectivity index (χ4v) is 2.12. The molecule has 0 spiro atoms. The molecule has 0 radical (unpaired) electrons. The SMILES string of the molecule is CCc1ccccc1OCC(=O)NC(C)c1ccc(C)o1. The van der Waals surface area contributed by atoms with Crippen molar-refractivity contribution in [3.63, 3.8) is 0 Å². The zero-order valence-electron chi connectivity index (χ0n) is 12.7. The number of carbonyl (C=O) groups is 1. The maximum absolute atomic E-state index is 11.9. The minimum Gasteiger partial charge on any atom is -0.483 e. The normalized spacial score (nSPS) is 12.0. The smallest absolute Gasteiger partial charge is 0.258 e. The van der Waals surface area contributed by atoms with E-state index in [1.165, 1.54) is 0 Å². The Morgan fingerprint density at radius 1 is 1.29 bits per heavy atom. The molecule has 2 aromatic rings. The van der Waals surface area contributed by atoms with Gasteiger partial charge >= 0.3 is 0 Å². The fourth-order valence-electron chi connectivity index (χ4n) is 2.12. The van der Waals surface area contributed by atoms with Crippen molar-refractivity contribution in [3.05, 3.63) is 53.5 Å². The Hall–Kier alpha value is -2.23. The van der Waals surface area contributed by atoms with E-state index >= 15 is 0 Å². The van der Waals surface area contributed by atoms with Crippen LogP contribution in [0.2, 0.25) is 0 Å². The molecular weight excluding hydrogens is 266 g/mol. The van der Waals surface area contributed by atoms with E-state index in [9.17, 15) is 4.79 Å². The van der Waals surface area contributed by atoms with Crippen molar-refractivity contribution in [1.29, 1.82) is 0 Å².